The molecule has 2 rings (SSSR count). The Morgan fingerprint density at radius 2 is 1.96 bits per heavy atom. The van der Waals surface area contributed by atoms with E-state index in [1.54, 1.807) is 12.1 Å². The highest BCUT2D eigenvalue weighted by molar-refractivity contribution is 7.89. The van der Waals surface area contributed by atoms with Gasteiger partial charge in [0.15, 0.2) is 0 Å². The molecule has 0 aliphatic carbocycles. The molecule has 0 amide bonds. The van der Waals surface area contributed by atoms with Crippen molar-refractivity contribution in [1.82, 2.24) is 14.3 Å². The largest absolute Gasteiger partial charge is 0.395 e. The van der Waals surface area contributed by atoms with Crippen LogP contribution in [0.5, 0.6) is 0 Å². The molecular formula is C18H21ClN4O4S. The maximum absolute atomic E-state index is 13.0. The molecule has 0 aliphatic heterocycles. The van der Waals surface area contributed by atoms with E-state index >= 15 is 0 Å². The molecule has 0 aromatic carbocycles. The molecule has 2 aromatic heterocycles. The van der Waals surface area contributed by atoms with Crippen molar-refractivity contribution in [3.05, 3.63) is 47.4 Å². The van der Waals surface area contributed by atoms with E-state index < -0.39 is 10.0 Å². The van der Waals surface area contributed by atoms with Gasteiger partial charge >= 0.3 is 0 Å². The number of anilines is 1. The van der Waals surface area contributed by atoms with Crippen LogP contribution in [-0.2, 0) is 16.6 Å². The van der Waals surface area contributed by atoms with E-state index in [9.17, 15) is 13.5 Å². The minimum atomic E-state index is -3.90. The summed E-state index contributed by atoms with van der Waals surface area (Å²) in [5.41, 5.74) is 0.535. The Morgan fingerprint density at radius 3 is 2.68 bits per heavy atom. The van der Waals surface area contributed by atoms with Crippen molar-refractivity contribution in [2.45, 2.75) is 17.9 Å². The molecule has 0 spiro atoms. The molecular weight excluding hydrogens is 404 g/mol. The Balaban J connectivity index is 2.21. The van der Waals surface area contributed by atoms with Gasteiger partial charge in [-0.3, -0.25) is 0 Å². The van der Waals surface area contributed by atoms with Crippen molar-refractivity contribution in [2.75, 3.05) is 31.6 Å². The summed E-state index contributed by atoms with van der Waals surface area (Å²) < 4.78 is 27.2. The Labute approximate surface area is 169 Å². The molecule has 0 atom stereocenters. The Bertz CT molecular complexity index is 944. The number of nitrogens with one attached hydrogen (secondary N) is 1. The van der Waals surface area contributed by atoms with Gasteiger partial charge in [-0.2, -0.15) is 4.31 Å². The van der Waals surface area contributed by atoms with Crippen LogP contribution in [0.2, 0.25) is 5.15 Å². The fraction of sp³-hybridized carbons (Fsp3) is 0.333. The lowest BCUT2D eigenvalue weighted by atomic mass is 10.3. The highest BCUT2D eigenvalue weighted by Gasteiger charge is 2.25. The van der Waals surface area contributed by atoms with Crippen molar-refractivity contribution in [3.63, 3.8) is 0 Å². The van der Waals surface area contributed by atoms with E-state index in [0.29, 0.717) is 17.8 Å². The molecule has 0 unspecified atom stereocenters. The fourth-order valence-electron chi connectivity index (χ4n) is 2.28. The van der Waals surface area contributed by atoms with Crippen LogP contribution in [-0.4, -0.2) is 59.2 Å². The molecule has 0 aliphatic rings. The standard InChI is InChI=1S/C18H21ClN4O4S/c19-18-15(5-4-8-22-18)14-23(10-12-25)28(26,27)16-6-9-21-17(13-16)20-7-2-1-3-11-24/h4-6,8-9,13,24-25H,3,7,10-12,14H2,(H,20,21). The molecule has 28 heavy (non-hydrogen) atoms. The van der Waals surface area contributed by atoms with E-state index in [-0.39, 0.29) is 42.9 Å². The second-order valence-corrected chi connectivity index (χ2v) is 7.87. The zero-order valence-electron chi connectivity index (χ0n) is 15.0. The summed E-state index contributed by atoms with van der Waals surface area (Å²) >= 11 is 6.04. The maximum atomic E-state index is 13.0. The van der Waals surface area contributed by atoms with Crippen LogP contribution < -0.4 is 5.32 Å². The van der Waals surface area contributed by atoms with Crippen LogP contribution in [0.4, 0.5) is 5.82 Å². The average Bonchev–Trinajstić information content (AvgIpc) is 2.69. The lowest BCUT2D eigenvalue weighted by Gasteiger charge is -2.22. The van der Waals surface area contributed by atoms with Crippen molar-refractivity contribution < 1.29 is 18.6 Å². The molecule has 2 aromatic rings. The van der Waals surface area contributed by atoms with Crippen molar-refractivity contribution in [2.24, 2.45) is 0 Å². The van der Waals surface area contributed by atoms with E-state index in [1.807, 2.05) is 0 Å². The van der Waals surface area contributed by atoms with Crippen LogP contribution in [0.15, 0.2) is 41.6 Å². The molecule has 150 valence electrons. The highest BCUT2D eigenvalue weighted by Crippen LogP contribution is 2.22. The van der Waals surface area contributed by atoms with Gasteiger partial charge in [0.05, 0.1) is 24.7 Å². The normalized spacial score (nSPS) is 11.1. The van der Waals surface area contributed by atoms with Gasteiger partial charge in [-0.15, -0.1) is 0 Å². The van der Waals surface area contributed by atoms with Crippen LogP contribution >= 0.6 is 11.6 Å². The molecule has 0 saturated carbocycles. The summed E-state index contributed by atoms with van der Waals surface area (Å²) in [7, 11) is -3.90. The second kappa shape index (κ2) is 10.9. The molecule has 2 heterocycles. The number of aliphatic hydroxyl groups excluding tert-OH is 2. The second-order valence-electron chi connectivity index (χ2n) is 5.57. The maximum Gasteiger partial charge on any atom is 0.243 e. The van der Waals surface area contributed by atoms with Crippen LogP contribution in [0.1, 0.15) is 12.0 Å². The topological polar surface area (TPSA) is 116 Å². The average molecular weight is 425 g/mol. The third-order valence-electron chi connectivity index (χ3n) is 3.62. The molecule has 0 bridgehead atoms. The molecule has 0 fully saturated rings. The smallest absolute Gasteiger partial charge is 0.243 e. The number of rotatable bonds is 9. The summed E-state index contributed by atoms with van der Waals surface area (Å²) in [4.78, 5) is 8.06. The van der Waals surface area contributed by atoms with Gasteiger partial charge in [-0.05, 0) is 12.1 Å². The number of nitrogens with zero attached hydrogens (tertiary/aromatic N) is 3. The van der Waals surface area contributed by atoms with Crippen LogP contribution in [0.25, 0.3) is 0 Å². The lowest BCUT2D eigenvalue weighted by Crippen LogP contribution is -2.33. The minimum absolute atomic E-state index is 0.0133. The van der Waals surface area contributed by atoms with Gasteiger partial charge < -0.3 is 15.5 Å². The Kier molecular flexibility index (Phi) is 8.63. The summed E-state index contributed by atoms with van der Waals surface area (Å²) in [6.07, 6.45) is 3.27. The highest BCUT2D eigenvalue weighted by atomic mass is 35.5. The summed E-state index contributed by atoms with van der Waals surface area (Å²) in [5, 5.41) is 21.1. The van der Waals surface area contributed by atoms with Crippen LogP contribution in [0, 0.1) is 11.8 Å². The van der Waals surface area contributed by atoms with Crippen molar-refractivity contribution in [1.29, 1.82) is 0 Å². The third-order valence-corrected chi connectivity index (χ3v) is 5.80. The first-order valence-corrected chi connectivity index (χ1v) is 10.3. The third kappa shape index (κ3) is 6.15. The summed E-state index contributed by atoms with van der Waals surface area (Å²) in [6.45, 7) is -0.199. The van der Waals surface area contributed by atoms with Gasteiger partial charge in [0.1, 0.15) is 11.0 Å². The quantitative estimate of drug-likeness (QED) is 0.408. The van der Waals surface area contributed by atoms with E-state index in [1.165, 1.54) is 24.5 Å². The van der Waals surface area contributed by atoms with Gasteiger partial charge in [-0.25, -0.2) is 18.4 Å². The predicted octanol–water partition coefficient (Wildman–Crippen LogP) is 1.11. The number of aliphatic hydroxyl groups is 2. The molecule has 0 radical (unpaired) electrons. The van der Waals surface area contributed by atoms with Gasteiger partial charge in [0.2, 0.25) is 10.0 Å². The van der Waals surface area contributed by atoms with Crippen LogP contribution in [0.3, 0.4) is 0 Å². The van der Waals surface area contributed by atoms with Crippen molar-refractivity contribution >= 4 is 27.4 Å². The number of sulfonamides is 1. The molecule has 0 saturated heterocycles. The Hall–Kier alpha value is -2.22. The van der Waals surface area contributed by atoms with Gasteiger partial charge in [0.25, 0.3) is 0 Å². The number of hydrogen-bond acceptors (Lipinski definition) is 7. The Morgan fingerprint density at radius 1 is 1.14 bits per heavy atom. The van der Waals surface area contributed by atoms with E-state index in [2.05, 4.69) is 27.1 Å². The lowest BCUT2D eigenvalue weighted by molar-refractivity contribution is 0.251. The number of pyridine rings is 2. The fourth-order valence-corrected chi connectivity index (χ4v) is 3.88. The molecule has 10 heteroatoms. The molecule has 3 N–H and O–H groups in total. The zero-order valence-corrected chi connectivity index (χ0v) is 16.6. The summed E-state index contributed by atoms with van der Waals surface area (Å²) in [5.74, 6) is 5.90. The molecule has 8 nitrogen and oxygen atoms in total. The zero-order chi connectivity index (χ0) is 20.4. The first-order chi connectivity index (χ1) is 13.5. The number of halogens is 1. The monoisotopic (exact) mass is 424 g/mol. The van der Waals surface area contributed by atoms with E-state index in [4.69, 9.17) is 16.7 Å². The first-order valence-electron chi connectivity index (χ1n) is 8.46. The minimum Gasteiger partial charge on any atom is -0.395 e. The first kappa shape index (κ1) is 22.1. The number of hydrogen-bond donors (Lipinski definition) is 3. The van der Waals surface area contributed by atoms with Gasteiger partial charge in [0, 0.05) is 43.5 Å². The van der Waals surface area contributed by atoms with E-state index in [0.717, 1.165) is 4.31 Å². The predicted molar refractivity (Wildman–Crippen MR) is 106 cm³/mol. The SMILES string of the molecule is O=S(=O)(c1ccnc(NCC#CCCO)c1)N(CCO)Cc1cccnc1Cl. The van der Waals surface area contributed by atoms with Crippen molar-refractivity contribution in [3.8, 4) is 11.8 Å². The van der Waals surface area contributed by atoms with Gasteiger partial charge in [-0.1, -0.05) is 29.5 Å². The number of aromatic nitrogens is 2. The summed E-state index contributed by atoms with van der Waals surface area (Å²) in [6, 6.07) is 6.13.